The summed E-state index contributed by atoms with van der Waals surface area (Å²) in [6.45, 7) is 7.12. The van der Waals surface area contributed by atoms with Crippen LogP contribution in [0, 0.1) is 0 Å². The molecule has 2 rings (SSSR count). The van der Waals surface area contributed by atoms with Crippen LogP contribution in [0.3, 0.4) is 0 Å². The first-order valence-electron chi connectivity index (χ1n) is 6.61. The molecular weight excluding hydrogens is 262 g/mol. The molecule has 1 aromatic heterocycles. The molecule has 0 fully saturated rings. The molecule has 0 unspecified atom stereocenters. The van der Waals surface area contributed by atoms with E-state index in [1.165, 1.54) is 17.3 Å². The highest BCUT2D eigenvalue weighted by molar-refractivity contribution is 6.99. The molecule has 1 aromatic rings. The zero-order valence-corrected chi connectivity index (χ0v) is 12.6. The largest absolute Gasteiger partial charge is 0.473 e. The topological polar surface area (TPSA) is 47.5 Å². The van der Waals surface area contributed by atoms with Gasteiger partial charge >= 0.3 is 0 Å². The maximum absolute atomic E-state index is 5.67. The lowest BCUT2D eigenvalue weighted by atomic mass is 10.1. The van der Waals surface area contributed by atoms with Crippen molar-refractivity contribution in [2.24, 2.45) is 0 Å². The van der Waals surface area contributed by atoms with Crippen LogP contribution in [0.2, 0.25) is 0 Å². The lowest BCUT2D eigenvalue weighted by molar-refractivity contribution is 0.0543. The van der Waals surface area contributed by atoms with Crippen LogP contribution in [0.5, 0.6) is 5.88 Å². The zero-order chi connectivity index (χ0) is 13.7. The van der Waals surface area contributed by atoms with Gasteiger partial charge in [0.05, 0.1) is 24.4 Å². The molecule has 0 radical (unpaired) electrons. The molecule has 0 amide bonds. The average molecular weight is 283 g/mol. The van der Waals surface area contributed by atoms with Crippen molar-refractivity contribution >= 4 is 17.3 Å². The second-order valence-corrected chi connectivity index (χ2v) is 5.47. The van der Waals surface area contributed by atoms with Crippen LogP contribution in [-0.2, 0) is 4.74 Å². The number of hydrogen-bond donors (Lipinski definition) is 0. The summed E-state index contributed by atoms with van der Waals surface area (Å²) in [4.78, 5) is 2.28. The molecule has 0 N–H and O–H groups in total. The van der Waals surface area contributed by atoms with Gasteiger partial charge in [0.1, 0.15) is 12.3 Å². The summed E-state index contributed by atoms with van der Waals surface area (Å²) in [6.07, 6.45) is 3.51. The third-order valence-electron chi connectivity index (χ3n) is 2.88. The first-order valence-corrected chi connectivity index (χ1v) is 7.34. The van der Waals surface area contributed by atoms with Crippen LogP contribution >= 0.6 is 11.7 Å². The quantitative estimate of drug-likeness (QED) is 0.748. The standard InChI is InChI=1S/C13H21N3O2S/c1-10(2)17-7-8-18-13-12(14-19-15-13)11-5-4-6-16(3)9-11/h5,10H,4,6-9H2,1-3H3. The summed E-state index contributed by atoms with van der Waals surface area (Å²) in [7, 11) is 2.11. The third-order valence-corrected chi connectivity index (χ3v) is 3.39. The van der Waals surface area contributed by atoms with E-state index in [4.69, 9.17) is 9.47 Å². The molecule has 19 heavy (non-hydrogen) atoms. The van der Waals surface area contributed by atoms with E-state index in [0.29, 0.717) is 19.1 Å². The minimum absolute atomic E-state index is 0.228. The molecule has 0 bridgehead atoms. The lowest BCUT2D eigenvalue weighted by Gasteiger charge is -2.22. The molecule has 0 saturated heterocycles. The maximum Gasteiger partial charge on any atom is 0.253 e. The highest BCUT2D eigenvalue weighted by Gasteiger charge is 2.18. The average Bonchev–Trinajstić information content (AvgIpc) is 2.83. The zero-order valence-electron chi connectivity index (χ0n) is 11.8. The molecule has 0 aromatic carbocycles. The molecule has 5 nitrogen and oxygen atoms in total. The van der Waals surface area contributed by atoms with Gasteiger partial charge in [0, 0.05) is 13.1 Å². The summed E-state index contributed by atoms with van der Waals surface area (Å²) in [6, 6.07) is 0. The Morgan fingerprint density at radius 2 is 2.21 bits per heavy atom. The molecular formula is C13H21N3O2S. The SMILES string of the molecule is CC(C)OCCOc1nsnc1C1=CCCN(C)C1. The van der Waals surface area contributed by atoms with Crippen LogP contribution in [0.25, 0.3) is 5.57 Å². The predicted octanol–water partition coefficient (Wildman–Crippen LogP) is 2.06. The normalized spacial score (nSPS) is 16.7. The monoisotopic (exact) mass is 283 g/mol. The molecule has 0 saturated carbocycles. The number of likely N-dealkylation sites (N-methyl/N-ethyl adjacent to an activating group) is 1. The number of hydrogen-bond acceptors (Lipinski definition) is 6. The number of ether oxygens (including phenoxy) is 2. The van der Waals surface area contributed by atoms with Crippen LogP contribution < -0.4 is 4.74 Å². The maximum atomic E-state index is 5.67. The van der Waals surface area contributed by atoms with Crippen molar-refractivity contribution in [3.05, 3.63) is 11.8 Å². The molecule has 2 heterocycles. The summed E-state index contributed by atoms with van der Waals surface area (Å²) in [5.74, 6) is 0.638. The minimum Gasteiger partial charge on any atom is -0.473 e. The summed E-state index contributed by atoms with van der Waals surface area (Å²) in [5, 5.41) is 0. The van der Waals surface area contributed by atoms with Gasteiger partial charge in [-0.15, -0.1) is 4.37 Å². The van der Waals surface area contributed by atoms with Gasteiger partial charge in [0.2, 0.25) is 0 Å². The van der Waals surface area contributed by atoms with Crippen molar-refractivity contribution < 1.29 is 9.47 Å². The van der Waals surface area contributed by atoms with Gasteiger partial charge in [-0.25, -0.2) is 0 Å². The first kappa shape index (κ1) is 14.4. The Kier molecular flexibility index (Phi) is 5.30. The minimum atomic E-state index is 0.228. The molecule has 1 aliphatic heterocycles. The van der Waals surface area contributed by atoms with E-state index in [0.717, 1.165) is 25.2 Å². The smallest absolute Gasteiger partial charge is 0.253 e. The number of rotatable bonds is 6. The molecule has 106 valence electrons. The van der Waals surface area contributed by atoms with E-state index < -0.39 is 0 Å². The van der Waals surface area contributed by atoms with Crippen LogP contribution in [-0.4, -0.2) is 53.1 Å². The number of nitrogens with zero attached hydrogens (tertiary/aromatic N) is 3. The Morgan fingerprint density at radius 3 is 2.95 bits per heavy atom. The fraction of sp³-hybridized carbons (Fsp3) is 0.692. The van der Waals surface area contributed by atoms with Crippen molar-refractivity contribution in [1.29, 1.82) is 0 Å². The summed E-state index contributed by atoms with van der Waals surface area (Å²) < 4.78 is 19.7. The summed E-state index contributed by atoms with van der Waals surface area (Å²) >= 11 is 1.20. The second kappa shape index (κ2) is 6.98. The van der Waals surface area contributed by atoms with Crippen molar-refractivity contribution in [2.45, 2.75) is 26.4 Å². The Bertz CT molecular complexity index is 431. The molecule has 1 aliphatic rings. The highest BCUT2D eigenvalue weighted by atomic mass is 32.1. The van der Waals surface area contributed by atoms with Gasteiger partial charge in [0.25, 0.3) is 5.88 Å². The Labute approximate surface area is 118 Å². The van der Waals surface area contributed by atoms with E-state index >= 15 is 0 Å². The predicted molar refractivity (Wildman–Crippen MR) is 76.6 cm³/mol. The van der Waals surface area contributed by atoms with E-state index in [1.54, 1.807) is 0 Å². The Balaban J connectivity index is 1.92. The van der Waals surface area contributed by atoms with Gasteiger partial charge < -0.3 is 14.4 Å². The van der Waals surface area contributed by atoms with E-state index in [1.807, 2.05) is 13.8 Å². The Hall–Kier alpha value is -0.980. The van der Waals surface area contributed by atoms with Crippen LogP contribution in [0.15, 0.2) is 6.08 Å². The lowest BCUT2D eigenvalue weighted by Crippen LogP contribution is -2.25. The third kappa shape index (κ3) is 4.26. The molecule has 0 aliphatic carbocycles. The van der Waals surface area contributed by atoms with Crippen molar-refractivity contribution in [3.63, 3.8) is 0 Å². The van der Waals surface area contributed by atoms with E-state index in [2.05, 4.69) is 26.8 Å². The molecule has 0 spiro atoms. The Morgan fingerprint density at radius 1 is 1.37 bits per heavy atom. The second-order valence-electron chi connectivity index (χ2n) is 4.94. The summed E-state index contributed by atoms with van der Waals surface area (Å²) in [5.41, 5.74) is 2.10. The molecule has 0 atom stereocenters. The van der Waals surface area contributed by atoms with E-state index in [-0.39, 0.29) is 6.10 Å². The first-order chi connectivity index (χ1) is 9.16. The highest BCUT2D eigenvalue weighted by Crippen LogP contribution is 2.26. The number of aromatic nitrogens is 2. The van der Waals surface area contributed by atoms with Gasteiger partial charge in [-0.1, -0.05) is 6.08 Å². The van der Waals surface area contributed by atoms with Gasteiger partial charge in [-0.05, 0) is 32.9 Å². The fourth-order valence-corrected chi connectivity index (χ4v) is 2.49. The van der Waals surface area contributed by atoms with Gasteiger partial charge in [0.15, 0.2) is 0 Å². The van der Waals surface area contributed by atoms with Gasteiger partial charge in [-0.3, -0.25) is 0 Å². The van der Waals surface area contributed by atoms with Crippen LogP contribution in [0.1, 0.15) is 26.0 Å². The van der Waals surface area contributed by atoms with Crippen molar-refractivity contribution in [1.82, 2.24) is 13.6 Å². The van der Waals surface area contributed by atoms with E-state index in [9.17, 15) is 0 Å². The van der Waals surface area contributed by atoms with Crippen molar-refractivity contribution in [3.8, 4) is 5.88 Å². The molecule has 6 heteroatoms. The fourth-order valence-electron chi connectivity index (χ4n) is 1.96. The van der Waals surface area contributed by atoms with Gasteiger partial charge in [-0.2, -0.15) is 4.37 Å². The van der Waals surface area contributed by atoms with Crippen LogP contribution in [0.4, 0.5) is 0 Å². The van der Waals surface area contributed by atoms with Crippen molar-refractivity contribution in [2.75, 3.05) is 33.4 Å².